The molecule has 7 nitrogen and oxygen atoms in total. The van der Waals surface area contributed by atoms with Crippen molar-refractivity contribution in [3.8, 4) is 0 Å². The third kappa shape index (κ3) is 5.17. The number of carbonyl (C=O) groups is 1. The molecule has 2 rings (SSSR count). The minimum absolute atomic E-state index is 0.0985. The van der Waals surface area contributed by atoms with Gasteiger partial charge in [-0.3, -0.25) is 10.1 Å². The van der Waals surface area contributed by atoms with Crippen molar-refractivity contribution in [2.24, 2.45) is 5.92 Å². The third-order valence-corrected chi connectivity index (χ3v) is 5.15. The van der Waals surface area contributed by atoms with Crippen LogP contribution in [0.1, 0.15) is 47.5 Å². The van der Waals surface area contributed by atoms with E-state index in [9.17, 15) is 4.79 Å². The Morgan fingerprint density at radius 2 is 2.13 bits per heavy atom. The first-order valence-electron chi connectivity index (χ1n) is 8.02. The minimum Gasteiger partial charge on any atom is -0.381 e. The Bertz CT molecular complexity index is 532. The molecule has 8 heteroatoms. The molecule has 23 heavy (non-hydrogen) atoms. The highest BCUT2D eigenvalue weighted by Crippen LogP contribution is 2.29. The Hall–Kier alpha value is -1.15. The summed E-state index contributed by atoms with van der Waals surface area (Å²) in [7, 11) is 0. The molecule has 0 saturated carbocycles. The maximum Gasteiger partial charge on any atom is 0.270 e. The van der Waals surface area contributed by atoms with Crippen LogP contribution in [-0.4, -0.2) is 49.8 Å². The second-order valence-corrected chi connectivity index (χ2v) is 9.12. The van der Waals surface area contributed by atoms with Crippen molar-refractivity contribution in [1.29, 1.82) is 0 Å². The molecule has 0 aromatic carbocycles. The van der Waals surface area contributed by atoms with Gasteiger partial charge in [0.2, 0.25) is 5.91 Å². The Kier molecular flexibility index (Phi) is 5.67. The van der Waals surface area contributed by atoms with Gasteiger partial charge in [0.15, 0.2) is 0 Å². The van der Waals surface area contributed by atoms with Crippen LogP contribution in [0.4, 0.5) is 5.95 Å². The molecule has 1 fully saturated rings. The first kappa shape index (κ1) is 18.2. The third-order valence-electron chi connectivity index (χ3n) is 3.80. The molecule has 1 aliphatic heterocycles. The average molecular weight is 341 g/mol. The van der Waals surface area contributed by atoms with E-state index in [2.05, 4.69) is 20.7 Å². The summed E-state index contributed by atoms with van der Waals surface area (Å²) in [5, 5.41) is 14.9. The predicted octanol–water partition coefficient (Wildman–Crippen LogP) is 2.31. The topological polar surface area (TPSA) is 81.9 Å². The monoisotopic (exact) mass is 341 g/mol. The van der Waals surface area contributed by atoms with Gasteiger partial charge in [-0.2, -0.15) is 4.80 Å². The van der Waals surface area contributed by atoms with Crippen LogP contribution in [0, 0.1) is 5.92 Å². The summed E-state index contributed by atoms with van der Waals surface area (Å²) in [4.78, 5) is 13.9. The zero-order valence-electron chi connectivity index (χ0n) is 14.6. The molecule has 1 N–H and O–H groups in total. The highest BCUT2D eigenvalue weighted by atomic mass is 32.2. The maximum atomic E-state index is 12.4. The number of amides is 1. The lowest BCUT2D eigenvalue weighted by Crippen LogP contribution is -2.35. The van der Waals surface area contributed by atoms with Gasteiger partial charge in [0, 0.05) is 13.2 Å². The van der Waals surface area contributed by atoms with Gasteiger partial charge in [-0.25, -0.2) is 0 Å². The molecule has 1 amide bonds. The lowest BCUT2D eigenvalue weighted by Gasteiger charge is -2.22. The minimum atomic E-state index is -0.535. The molecule has 1 aromatic heterocycles. The molecule has 0 bridgehead atoms. The average Bonchev–Trinajstić information content (AvgIpc) is 3.08. The second kappa shape index (κ2) is 7.17. The smallest absolute Gasteiger partial charge is 0.270 e. The van der Waals surface area contributed by atoms with Gasteiger partial charge in [-0.05, 0) is 64.3 Å². The number of rotatable bonds is 6. The van der Waals surface area contributed by atoms with Crippen LogP contribution in [0.2, 0.25) is 0 Å². The van der Waals surface area contributed by atoms with E-state index in [1.54, 1.807) is 11.8 Å². The first-order chi connectivity index (χ1) is 10.7. The summed E-state index contributed by atoms with van der Waals surface area (Å²) in [6.45, 7) is 11.5. The fraction of sp³-hybridized carbons (Fsp3) is 0.867. The SMILES string of the molecule is CC(C)(SCC[C@@H]1CCOC1)C(=O)Nc1nnn(C(C)(C)C)n1. The van der Waals surface area contributed by atoms with E-state index in [1.165, 1.54) is 4.80 Å². The summed E-state index contributed by atoms with van der Waals surface area (Å²) >= 11 is 1.65. The van der Waals surface area contributed by atoms with E-state index in [-0.39, 0.29) is 17.4 Å². The van der Waals surface area contributed by atoms with Crippen LogP contribution >= 0.6 is 11.8 Å². The predicted molar refractivity (Wildman–Crippen MR) is 91.5 cm³/mol. The normalized spacial score (nSPS) is 19.1. The van der Waals surface area contributed by atoms with E-state index in [1.807, 2.05) is 34.6 Å². The molecule has 130 valence electrons. The van der Waals surface area contributed by atoms with Gasteiger partial charge >= 0.3 is 0 Å². The number of aromatic nitrogens is 4. The zero-order chi connectivity index (χ0) is 17.1. The van der Waals surface area contributed by atoms with Crippen molar-refractivity contribution in [2.75, 3.05) is 24.3 Å². The van der Waals surface area contributed by atoms with Crippen molar-refractivity contribution >= 4 is 23.6 Å². The Balaban J connectivity index is 1.83. The molecular weight excluding hydrogens is 314 g/mol. The largest absolute Gasteiger partial charge is 0.381 e. The number of carbonyl (C=O) groups excluding carboxylic acids is 1. The van der Waals surface area contributed by atoms with E-state index in [0.29, 0.717) is 5.92 Å². The summed E-state index contributed by atoms with van der Waals surface area (Å²) in [5.41, 5.74) is -0.260. The Labute approximate surface area is 141 Å². The van der Waals surface area contributed by atoms with Crippen LogP contribution in [-0.2, 0) is 15.1 Å². The fourth-order valence-electron chi connectivity index (χ4n) is 2.16. The second-order valence-electron chi connectivity index (χ2n) is 7.40. The Morgan fingerprint density at radius 3 is 2.70 bits per heavy atom. The zero-order valence-corrected chi connectivity index (χ0v) is 15.4. The number of thioether (sulfide) groups is 1. The van der Waals surface area contributed by atoms with Crippen molar-refractivity contribution in [1.82, 2.24) is 20.2 Å². The summed E-state index contributed by atoms with van der Waals surface area (Å²) in [6.07, 6.45) is 2.22. The fourth-order valence-corrected chi connectivity index (χ4v) is 3.30. The summed E-state index contributed by atoms with van der Waals surface area (Å²) in [5.74, 6) is 1.73. The van der Waals surface area contributed by atoms with Crippen LogP contribution in [0.25, 0.3) is 0 Å². The molecule has 1 saturated heterocycles. The van der Waals surface area contributed by atoms with Gasteiger partial charge in [-0.1, -0.05) is 5.10 Å². The number of nitrogens with one attached hydrogen (secondary N) is 1. The number of nitrogens with zero attached hydrogens (tertiary/aromatic N) is 4. The van der Waals surface area contributed by atoms with Crippen molar-refractivity contribution in [3.05, 3.63) is 0 Å². The number of anilines is 1. The van der Waals surface area contributed by atoms with E-state index >= 15 is 0 Å². The quantitative estimate of drug-likeness (QED) is 0.855. The van der Waals surface area contributed by atoms with E-state index < -0.39 is 4.75 Å². The van der Waals surface area contributed by atoms with Gasteiger partial charge < -0.3 is 4.74 Å². The first-order valence-corrected chi connectivity index (χ1v) is 9.01. The molecule has 0 radical (unpaired) electrons. The van der Waals surface area contributed by atoms with Crippen LogP contribution in [0.3, 0.4) is 0 Å². The standard InChI is InChI=1S/C15H27N5O2S/c1-14(2,3)20-18-13(17-19-20)16-12(21)15(4,5)23-9-7-11-6-8-22-10-11/h11H,6-10H2,1-5H3,(H,16,18,21)/t11-/m0/s1. The maximum absolute atomic E-state index is 12.4. The van der Waals surface area contributed by atoms with E-state index in [0.717, 1.165) is 31.8 Å². The summed E-state index contributed by atoms with van der Waals surface area (Å²) in [6, 6.07) is 0. The van der Waals surface area contributed by atoms with E-state index in [4.69, 9.17) is 4.74 Å². The van der Waals surface area contributed by atoms with Gasteiger partial charge in [0.1, 0.15) is 0 Å². The highest BCUT2D eigenvalue weighted by molar-refractivity contribution is 8.01. The van der Waals surface area contributed by atoms with Crippen molar-refractivity contribution < 1.29 is 9.53 Å². The molecule has 1 atom stereocenters. The molecule has 0 unspecified atom stereocenters. The Morgan fingerprint density at radius 1 is 1.39 bits per heavy atom. The number of tetrazole rings is 1. The van der Waals surface area contributed by atoms with Crippen molar-refractivity contribution in [3.63, 3.8) is 0 Å². The summed E-state index contributed by atoms with van der Waals surface area (Å²) < 4.78 is 4.85. The molecular formula is C15H27N5O2S. The molecule has 1 aliphatic rings. The number of hydrogen-bond acceptors (Lipinski definition) is 6. The molecule has 0 aliphatic carbocycles. The van der Waals surface area contributed by atoms with Crippen LogP contribution in [0.15, 0.2) is 0 Å². The molecule has 1 aromatic rings. The van der Waals surface area contributed by atoms with Gasteiger partial charge in [0.25, 0.3) is 5.95 Å². The molecule has 0 spiro atoms. The van der Waals surface area contributed by atoms with Crippen molar-refractivity contribution in [2.45, 2.75) is 57.7 Å². The van der Waals surface area contributed by atoms with Gasteiger partial charge in [-0.15, -0.1) is 16.9 Å². The van der Waals surface area contributed by atoms with Crippen LogP contribution < -0.4 is 5.32 Å². The number of ether oxygens (including phenoxy) is 1. The number of hydrogen-bond donors (Lipinski definition) is 1. The highest BCUT2D eigenvalue weighted by Gasteiger charge is 2.30. The van der Waals surface area contributed by atoms with Gasteiger partial charge in [0.05, 0.1) is 10.3 Å². The lowest BCUT2D eigenvalue weighted by molar-refractivity contribution is -0.117. The lowest BCUT2D eigenvalue weighted by atomic mass is 10.1. The molecule has 2 heterocycles. The van der Waals surface area contributed by atoms with Crippen LogP contribution in [0.5, 0.6) is 0 Å².